The molecule has 1 aliphatic rings. The molecular formula is C21H22N4O4. The van der Waals surface area contributed by atoms with Crippen LogP contribution < -0.4 is 15.3 Å². The van der Waals surface area contributed by atoms with Crippen molar-refractivity contribution in [3.63, 3.8) is 0 Å². The molecule has 4 rings (SSSR count). The molecule has 3 heterocycles. The number of aromatic nitrogens is 2. The molecule has 2 aromatic heterocycles. The summed E-state index contributed by atoms with van der Waals surface area (Å²) < 4.78 is 10.7. The van der Waals surface area contributed by atoms with Gasteiger partial charge in [0, 0.05) is 37.6 Å². The van der Waals surface area contributed by atoms with E-state index in [9.17, 15) is 9.59 Å². The Morgan fingerprint density at radius 3 is 2.62 bits per heavy atom. The molecule has 0 N–H and O–H groups in total. The molecule has 0 aliphatic carbocycles. The Labute approximate surface area is 167 Å². The van der Waals surface area contributed by atoms with Gasteiger partial charge in [-0.2, -0.15) is 0 Å². The van der Waals surface area contributed by atoms with Crippen LogP contribution >= 0.6 is 0 Å². The molecule has 1 aliphatic heterocycles. The Morgan fingerprint density at radius 2 is 1.90 bits per heavy atom. The van der Waals surface area contributed by atoms with E-state index >= 15 is 0 Å². The van der Waals surface area contributed by atoms with Gasteiger partial charge in [0.05, 0.1) is 6.61 Å². The second-order valence-electron chi connectivity index (χ2n) is 6.84. The molecule has 3 aromatic rings. The first-order chi connectivity index (χ1) is 14.2. The van der Waals surface area contributed by atoms with Crippen molar-refractivity contribution in [1.29, 1.82) is 0 Å². The summed E-state index contributed by atoms with van der Waals surface area (Å²) in [5, 5.41) is 9.03. The van der Waals surface area contributed by atoms with Gasteiger partial charge in [-0.1, -0.05) is 25.1 Å². The van der Waals surface area contributed by atoms with Gasteiger partial charge in [0.15, 0.2) is 5.82 Å². The molecule has 0 bridgehead atoms. The lowest BCUT2D eigenvalue weighted by atomic mass is 10.1. The lowest BCUT2D eigenvalue weighted by Gasteiger charge is -2.35. The van der Waals surface area contributed by atoms with Gasteiger partial charge < -0.3 is 19.0 Å². The third kappa shape index (κ3) is 4.06. The lowest BCUT2D eigenvalue weighted by Crippen LogP contribution is -2.49. The second kappa shape index (κ2) is 8.30. The van der Waals surface area contributed by atoms with E-state index < -0.39 is 5.63 Å². The summed E-state index contributed by atoms with van der Waals surface area (Å²) in [7, 11) is 0. The maximum Gasteiger partial charge on any atom is 0.349 e. The fraction of sp³-hybridized carbons (Fsp3) is 0.333. The quantitative estimate of drug-likeness (QED) is 0.614. The van der Waals surface area contributed by atoms with E-state index in [-0.39, 0.29) is 11.5 Å². The average Bonchev–Trinajstić information content (AvgIpc) is 2.77. The minimum absolute atomic E-state index is 0.0642. The third-order valence-electron chi connectivity index (χ3n) is 4.84. The van der Waals surface area contributed by atoms with Crippen molar-refractivity contribution in [2.75, 3.05) is 37.7 Å². The van der Waals surface area contributed by atoms with Crippen LogP contribution in [-0.4, -0.2) is 53.8 Å². The number of piperazine rings is 1. The normalized spacial score (nSPS) is 14.2. The van der Waals surface area contributed by atoms with Crippen molar-refractivity contribution in [2.45, 2.75) is 13.3 Å². The first-order valence-electron chi connectivity index (χ1n) is 9.69. The average molecular weight is 394 g/mol. The number of amides is 1. The zero-order valence-electron chi connectivity index (χ0n) is 16.2. The van der Waals surface area contributed by atoms with Crippen LogP contribution in [0.15, 0.2) is 51.7 Å². The largest absolute Gasteiger partial charge is 0.477 e. The summed E-state index contributed by atoms with van der Waals surface area (Å²) >= 11 is 0. The van der Waals surface area contributed by atoms with Crippen LogP contribution in [0.3, 0.4) is 0 Å². The van der Waals surface area contributed by atoms with Gasteiger partial charge in [0.2, 0.25) is 5.88 Å². The summed E-state index contributed by atoms with van der Waals surface area (Å²) in [6, 6.07) is 12.4. The number of nitrogens with zero attached hydrogens (tertiary/aromatic N) is 4. The highest BCUT2D eigenvalue weighted by Gasteiger charge is 2.25. The number of fused-ring (bicyclic) bond motifs is 1. The van der Waals surface area contributed by atoms with Crippen molar-refractivity contribution in [2.24, 2.45) is 0 Å². The van der Waals surface area contributed by atoms with Gasteiger partial charge in [-0.15, -0.1) is 10.2 Å². The van der Waals surface area contributed by atoms with Crippen LogP contribution in [0, 0.1) is 0 Å². The van der Waals surface area contributed by atoms with Gasteiger partial charge in [0.1, 0.15) is 11.1 Å². The van der Waals surface area contributed by atoms with Crippen molar-refractivity contribution >= 4 is 22.7 Å². The van der Waals surface area contributed by atoms with E-state index in [1.807, 2.05) is 25.1 Å². The van der Waals surface area contributed by atoms with Gasteiger partial charge in [0.25, 0.3) is 5.91 Å². The van der Waals surface area contributed by atoms with E-state index in [1.165, 1.54) is 0 Å². The minimum Gasteiger partial charge on any atom is -0.477 e. The highest BCUT2D eigenvalue weighted by Crippen LogP contribution is 2.18. The molecule has 1 amide bonds. The summed E-state index contributed by atoms with van der Waals surface area (Å²) in [4.78, 5) is 28.8. The van der Waals surface area contributed by atoms with Crippen LogP contribution in [0.2, 0.25) is 0 Å². The molecule has 8 nitrogen and oxygen atoms in total. The highest BCUT2D eigenvalue weighted by atomic mass is 16.5. The SMILES string of the molecule is CCCOc1ccc(N2CCN(C(=O)c3cc4ccccc4oc3=O)CC2)nn1. The van der Waals surface area contributed by atoms with Crippen molar-refractivity contribution < 1.29 is 13.9 Å². The van der Waals surface area contributed by atoms with Gasteiger partial charge in [-0.3, -0.25) is 4.79 Å². The Hall–Kier alpha value is -3.42. The fourth-order valence-electron chi connectivity index (χ4n) is 3.29. The number of ether oxygens (including phenoxy) is 1. The highest BCUT2D eigenvalue weighted by molar-refractivity contribution is 5.96. The Balaban J connectivity index is 1.42. The van der Waals surface area contributed by atoms with Crippen molar-refractivity contribution in [1.82, 2.24) is 15.1 Å². The van der Waals surface area contributed by atoms with E-state index in [4.69, 9.17) is 9.15 Å². The predicted octanol–water partition coefficient (Wildman–Crippen LogP) is 2.33. The Morgan fingerprint density at radius 1 is 1.10 bits per heavy atom. The van der Waals surface area contributed by atoms with E-state index in [2.05, 4.69) is 15.1 Å². The van der Waals surface area contributed by atoms with Gasteiger partial charge in [-0.25, -0.2) is 4.79 Å². The maximum absolute atomic E-state index is 12.9. The van der Waals surface area contributed by atoms with Crippen LogP contribution in [0.1, 0.15) is 23.7 Å². The molecule has 0 spiro atoms. The molecular weight excluding hydrogens is 372 g/mol. The number of hydrogen-bond acceptors (Lipinski definition) is 7. The second-order valence-corrected chi connectivity index (χ2v) is 6.84. The van der Waals surface area contributed by atoms with Gasteiger partial charge in [-0.05, 0) is 24.6 Å². The molecule has 8 heteroatoms. The molecule has 150 valence electrons. The standard InChI is InChI=1S/C21H22N4O4/c1-2-13-28-19-8-7-18(22-23-19)24-9-11-25(12-10-24)20(26)16-14-15-5-3-4-6-17(15)29-21(16)27/h3-8,14H,2,9-13H2,1H3. The number of para-hydroxylation sites is 1. The molecule has 1 fully saturated rings. The number of rotatable bonds is 5. The Bertz CT molecular complexity index is 1060. The Kier molecular flexibility index (Phi) is 5.41. The first kappa shape index (κ1) is 18.9. The zero-order chi connectivity index (χ0) is 20.2. The van der Waals surface area contributed by atoms with Crippen molar-refractivity contribution in [3.8, 4) is 5.88 Å². The molecule has 0 saturated carbocycles. The van der Waals surface area contributed by atoms with E-state index in [1.54, 1.807) is 29.2 Å². The first-order valence-corrected chi connectivity index (χ1v) is 9.69. The molecule has 0 atom stereocenters. The summed E-state index contributed by atoms with van der Waals surface area (Å²) in [6.45, 7) is 4.83. The van der Waals surface area contributed by atoms with Crippen LogP contribution in [0.5, 0.6) is 5.88 Å². The van der Waals surface area contributed by atoms with E-state index in [0.717, 1.165) is 17.6 Å². The molecule has 1 saturated heterocycles. The monoisotopic (exact) mass is 394 g/mol. The van der Waals surface area contributed by atoms with Crippen LogP contribution in [0.25, 0.3) is 11.0 Å². The predicted molar refractivity (Wildman–Crippen MR) is 108 cm³/mol. The maximum atomic E-state index is 12.9. The lowest BCUT2D eigenvalue weighted by molar-refractivity contribution is 0.0742. The molecule has 0 radical (unpaired) electrons. The smallest absolute Gasteiger partial charge is 0.349 e. The summed E-state index contributed by atoms with van der Waals surface area (Å²) in [5.74, 6) is 0.942. The topological polar surface area (TPSA) is 88.8 Å². The summed E-state index contributed by atoms with van der Waals surface area (Å²) in [5.41, 5.74) is -0.0668. The van der Waals surface area contributed by atoms with Crippen molar-refractivity contribution in [3.05, 3.63) is 58.4 Å². The number of carbonyl (C=O) groups is 1. The van der Waals surface area contributed by atoms with Crippen LogP contribution in [0.4, 0.5) is 5.82 Å². The minimum atomic E-state index is -0.607. The molecule has 0 unspecified atom stereocenters. The number of anilines is 1. The number of carbonyl (C=O) groups excluding carboxylic acids is 1. The third-order valence-corrected chi connectivity index (χ3v) is 4.84. The number of benzene rings is 1. The fourth-order valence-corrected chi connectivity index (χ4v) is 3.29. The molecule has 29 heavy (non-hydrogen) atoms. The van der Waals surface area contributed by atoms with E-state index in [0.29, 0.717) is 44.2 Å². The number of hydrogen-bond donors (Lipinski definition) is 0. The van der Waals surface area contributed by atoms with Crippen LogP contribution in [-0.2, 0) is 0 Å². The van der Waals surface area contributed by atoms with Gasteiger partial charge >= 0.3 is 5.63 Å². The zero-order valence-corrected chi connectivity index (χ0v) is 16.2. The molecule has 1 aromatic carbocycles. The summed E-state index contributed by atoms with van der Waals surface area (Å²) in [6.07, 6.45) is 0.912.